The summed E-state index contributed by atoms with van der Waals surface area (Å²) in [5, 5.41) is 3.54. The molecule has 0 radical (unpaired) electrons. The van der Waals surface area contributed by atoms with Gasteiger partial charge in [0.2, 0.25) is 5.91 Å². The first-order chi connectivity index (χ1) is 11.1. The van der Waals surface area contributed by atoms with Crippen molar-refractivity contribution in [2.24, 2.45) is 0 Å². The molecule has 120 valence electrons. The highest BCUT2D eigenvalue weighted by atomic mass is 35.5. The highest BCUT2D eigenvalue weighted by molar-refractivity contribution is 6.30. The maximum atomic E-state index is 11.9. The number of anilines is 2. The fourth-order valence-electron chi connectivity index (χ4n) is 2.27. The average Bonchev–Trinajstić information content (AvgIpc) is 2.57. The van der Waals surface area contributed by atoms with E-state index in [2.05, 4.69) is 24.1 Å². The Bertz CT molecular complexity index is 659. The summed E-state index contributed by atoms with van der Waals surface area (Å²) in [6.45, 7) is 6.18. The van der Waals surface area contributed by atoms with E-state index in [1.54, 1.807) is 18.2 Å². The van der Waals surface area contributed by atoms with Crippen LogP contribution in [0.5, 0.6) is 0 Å². The number of halogens is 1. The number of nitrogens with zero attached hydrogens (tertiary/aromatic N) is 1. The Hall–Kier alpha value is -2.26. The molecule has 2 rings (SSSR count). The number of nitrogens with one attached hydrogen (secondary N) is 1. The first-order valence-corrected chi connectivity index (χ1v) is 8.09. The van der Waals surface area contributed by atoms with Crippen LogP contribution in [0.3, 0.4) is 0 Å². The molecule has 2 aromatic rings. The molecule has 0 aliphatic heterocycles. The Morgan fingerprint density at radius 2 is 1.65 bits per heavy atom. The van der Waals surface area contributed by atoms with Gasteiger partial charge in [-0.05, 0) is 61.9 Å². The minimum atomic E-state index is -0.157. The van der Waals surface area contributed by atoms with Gasteiger partial charge in [0.05, 0.1) is 0 Å². The molecule has 3 nitrogen and oxygen atoms in total. The molecule has 0 aliphatic rings. The van der Waals surface area contributed by atoms with E-state index in [-0.39, 0.29) is 5.91 Å². The zero-order chi connectivity index (χ0) is 16.7. The fraction of sp³-hybridized carbons (Fsp3) is 0.211. The molecule has 0 aliphatic carbocycles. The third kappa shape index (κ3) is 5.15. The average molecular weight is 329 g/mol. The zero-order valence-corrected chi connectivity index (χ0v) is 14.2. The van der Waals surface area contributed by atoms with Crippen molar-refractivity contribution in [1.82, 2.24) is 0 Å². The standard InChI is InChI=1S/C19H21ClN2O/c1-3-22(4-2)18-12-10-17(11-13-18)21-19(23)14-7-15-5-8-16(20)9-6-15/h5-14H,3-4H2,1-2H3,(H,21,23). The SMILES string of the molecule is CCN(CC)c1ccc(NC(=O)C=Cc2ccc(Cl)cc2)cc1. The second-order valence-electron chi connectivity index (χ2n) is 5.09. The minimum absolute atomic E-state index is 0.157. The minimum Gasteiger partial charge on any atom is -0.372 e. The van der Waals surface area contributed by atoms with Gasteiger partial charge in [-0.2, -0.15) is 0 Å². The molecule has 0 heterocycles. The number of benzene rings is 2. The summed E-state index contributed by atoms with van der Waals surface area (Å²) < 4.78 is 0. The van der Waals surface area contributed by atoms with Crippen molar-refractivity contribution >= 4 is 35.0 Å². The van der Waals surface area contributed by atoms with Crippen LogP contribution in [0, 0.1) is 0 Å². The Balaban J connectivity index is 1.96. The van der Waals surface area contributed by atoms with Crippen LogP contribution in [-0.2, 0) is 4.79 Å². The van der Waals surface area contributed by atoms with Gasteiger partial charge in [-0.3, -0.25) is 4.79 Å². The molecule has 2 aromatic carbocycles. The van der Waals surface area contributed by atoms with Crippen molar-refractivity contribution in [3.8, 4) is 0 Å². The monoisotopic (exact) mass is 328 g/mol. The summed E-state index contributed by atoms with van der Waals surface area (Å²) >= 11 is 5.83. The Morgan fingerprint density at radius 3 is 2.22 bits per heavy atom. The third-order valence-corrected chi connectivity index (χ3v) is 3.81. The molecular formula is C19H21ClN2O. The van der Waals surface area contributed by atoms with Gasteiger partial charge in [-0.15, -0.1) is 0 Å². The van der Waals surface area contributed by atoms with Crippen molar-refractivity contribution in [2.75, 3.05) is 23.3 Å². The number of carbonyl (C=O) groups is 1. The molecule has 0 saturated carbocycles. The highest BCUT2D eigenvalue weighted by Gasteiger charge is 2.02. The molecule has 0 unspecified atom stereocenters. The van der Waals surface area contributed by atoms with Crippen LogP contribution < -0.4 is 10.2 Å². The van der Waals surface area contributed by atoms with E-state index in [4.69, 9.17) is 11.6 Å². The Kier molecular flexibility index (Phi) is 6.24. The lowest BCUT2D eigenvalue weighted by molar-refractivity contribution is -0.111. The normalized spacial score (nSPS) is 10.7. The molecule has 0 atom stereocenters. The number of hydrogen-bond donors (Lipinski definition) is 1. The molecule has 0 spiro atoms. The predicted octanol–water partition coefficient (Wildman–Crippen LogP) is 4.84. The van der Waals surface area contributed by atoms with Crippen molar-refractivity contribution in [3.63, 3.8) is 0 Å². The smallest absolute Gasteiger partial charge is 0.248 e. The molecule has 0 saturated heterocycles. The van der Waals surface area contributed by atoms with Crippen molar-refractivity contribution in [1.29, 1.82) is 0 Å². The van der Waals surface area contributed by atoms with Crippen LogP contribution in [0.15, 0.2) is 54.6 Å². The molecule has 23 heavy (non-hydrogen) atoms. The quantitative estimate of drug-likeness (QED) is 0.770. The highest BCUT2D eigenvalue weighted by Crippen LogP contribution is 2.18. The van der Waals surface area contributed by atoms with Crippen LogP contribution in [0.25, 0.3) is 6.08 Å². The van der Waals surface area contributed by atoms with Gasteiger partial charge in [0.1, 0.15) is 0 Å². The van der Waals surface area contributed by atoms with Gasteiger partial charge in [-0.1, -0.05) is 23.7 Å². The van der Waals surface area contributed by atoms with Crippen molar-refractivity contribution in [3.05, 3.63) is 65.2 Å². The van der Waals surface area contributed by atoms with Gasteiger partial charge in [0, 0.05) is 35.6 Å². The third-order valence-electron chi connectivity index (χ3n) is 3.56. The maximum Gasteiger partial charge on any atom is 0.248 e. The van der Waals surface area contributed by atoms with E-state index in [1.807, 2.05) is 36.4 Å². The van der Waals surface area contributed by atoms with E-state index in [0.717, 1.165) is 30.0 Å². The lowest BCUT2D eigenvalue weighted by Gasteiger charge is -2.21. The van der Waals surface area contributed by atoms with Crippen LogP contribution in [-0.4, -0.2) is 19.0 Å². The van der Waals surface area contributed by atoms with Gasteiger partial charge in [0.15, 0.2) is 0 Å². The van der Waals surface area contributed by atoms with Crippen LogP contribution in [0.1, 0.15) is 19.4 Å². The van der Waals surface area contributed by atoms with Gasteiger partial charge < -0.3 is 10.2 Å². The van der Waals surface area contributed by atoms with E-state index in [0.29, 0.717) is 5.02 Å². The summed E-state index contributed by atoms with van der Waals surface area (Å²) in [5.41, 5.74) is 2.87. The van der Waals surface area contributed by atoms with Crippen LogP contribution >= 0.6 is 11.6 Å². The topological polar surface area (TPSA) is 32.3 Å². The van der Waals surface area contributed by atoms with E-state index >= 15 is 0 Å². The fourth-order valence-corrected chi connectivity index (χ4v) is 2.40. The van der Waals surface area contributed by atoms with Crippen LogP contribution in [0.4, 0.5) is 11.4 Å². The number of rotatable bonds is 6. The molecule has 1 amide bonds. The largest absolute Gasteiger partial charge is 0.372 e. The lowest BCUT2D eigenvalue weighted by Crippen LogP contribution is -2.21. The lowest BCUT2D eigenvalue weighted by atomic mass is 10.2. The van der Waals surface area contributed by atoms with Crippen molar-refractivity contribution in [2.45, 2.75) is 13.8 Å². The second kappa shape index (κ2) is 8.39. The predicted molar refractivity (Wildman–Crippen MR) is 99.1 cm³/mol. The zero-order valence-electron chi connectivity index (χ0n) is 13.4. The van der Waals surface area contributed by atoms with Crippen molar-refractivity contribution < 1.29 is 4.79 Å². The number of hydrogen-bond acceptors (Lipinski definition) is 2. The summed E-state index contributed by atoms with van der Waals surface area (Å²) in [6.07, 6.45) is 3.28. The molecule has 4 heteroatoms. The van der Waals surface area contributed by atoms with E-state index < -0.39 is 0 Å². The maximum absolute atomic E-state index is 11.9. The molecule has 0 fully saturated rings. The first kappa shape index (κ1) is 17.1. The summed E-state index contributed by atoms with van der Waals surface area (Å²) in [4.78, 5) is 14.2. The molecule has 0 aromatic heterocycles. The van der Waals surface area contributed by atoms with E-state index in [1.165, 1.54) is 6.08 Å². The summed E-state index contributed by atoms with van der Waals surface area (Å²) in [6, 6.07) is 15.2. The van der Waals surface area contributed by atoms with Crippen LogP contribution in [0.2, 0.25) is 5.02 Å². The first-order valence-electron chi connectivity index (χ1n) is 7.72. The van der Waals surface area contributed by atoms with Gasteiger partial charge >= 0.3 is 0 Å². The molecule has 0 bridgehead atoms. The Morgan fingerprint density at radius 1 is 1.04 bits per heavy atom. The summed E-state index contributed by atoms with van der Waals surface area (Å²) in [7, 11) is 0. The second-order valence-corrected chi connectivity index (χ2v) is 5.53. The summed E-state index contributed by atoms with van der Waals surface area (Å²) in [5.74, 6) is -0.157. The van der Waals surface area contributed by atoms with Gasteiger partial charge in [0.25, 0.3) is 0 Å². The number of carbonyl (C=O) groups excluding carboxylic acids is 1. The molecule has 1 N–H and O–H groups in total. The van der Waals surface area contributed by atoms with Gasteiger partial charge in [-0.25, -0.2) is 0 Å². The van der Waals surface area contributed by atoms with E-state index in [9.17, 15) is 4.79 Å². The number of amides is 1. The molecular weight excluding hydrogens is 308 g/mol. The Labute approximate surface area is 142 Å².